The molecule has 2 aliphatic carbocycles. The molecule has 3 nitrogen and oxygen atoms in total. The molecule has 2 fully saturated rings. The first-order valence-electron chi connectivity index (χ1n) is 7.73. The normalized spacial score (nSPS) is 31.3. The van der Waals surface area contributed by atoms with Crippen molar-refractivity contribution in [2.24, 2.45) is 16.6 Å². The molecule has 3 heteroatoms. The number of nitrogens with zero attached hydrogens (tertiary/aromatic N) is 2. The van der Waals surface area contributed by atoms with Crippen LogP contribution in [0.15, 0.2) is 4.99 Å². The molecule has 0 aromatic heterocycles. The smallest absolute Gasteiger partial charge is 0.191 e. The molecule has 2 aliphatic rings. The highest BCUT2D eigenvalue weighted by atomic mass is 15.3. The van der Waals surface area contributed by atoms with E-state index in [4.69, 9.17) is 10.7 Å². The first-order chi connectivity index (χ1) is 8.66. The summed E-state index contributed by atoms with van der Waals surface area (Å²) in [5.74, 6) is 1.67. The molecule has 104 valence electrons. The molecule has 0 saturated heterocycles. The van der Waals surface area contributed by atoms with E-state index in [1.165, 1.54) is 57.8 Å². The standard InChI is InChI=1S/C15H29N3/c1-12-8-10-14(11-9-12)18(2)15(16)17-13-6-4-3-5-7-13/h12-14H,3-11H2,1-2H3,(H2,16,17). The van der Waals surface area contributed by atoms with Crippen LogP contribution in [-0.4, -0.2) is 30.0 Å². The topological polar surface area (TPSA) is 41.6 Å². The van der Waals surface area contributed by atoms with Crippen LogP contribution in [0, 0.1) is 5.92 Å². The van der Waals surface area contributed by atoms with E-state index in [1.54, 1.807) is 0 Å². The van der Waals surface area contributed by atoms with Crippen molar-refractivity contribution in [3.8, 4) is 0 Å². The summed E-state index contributed by atoms with van der Waals surface area (Å²) < 4.78 is 0. The molecule has 0 aromatic rings. The summed E-state index contributed by atoms with van der Waals surface area (Å²) in [4.78, 5) is 6.99. The molecule has 0 heterocycles. The summed E-state index contributed by atoms with van der Waals surface area (Å²) in [5.41, 5.74) is 6.19. The molecule has 18 heavy (non-hydrogen) atoms. The Morgan fingerprint density at radius 1 is 1.00 bits per heavy atom. The number of nitrogens with two attached hydrogens (primary N) is 1. The van der Waals surface area contributed by atoms with Gasteiger partial charge in [0.2, 0.25) is 0 Å². The van der Waals surface area contributed by atoms with Gasteiger partial charge in [-0.15, -0.1) is 0 Å². The minimum absolute atomic E-state index is 0.490. The maximum absolute atomic E-state index is 6.19. The fraction of sp³-hybridized carbons (Fsp3) is 0.933. The van der Waals surface area contributed by atoms with Gasteiger partial charge in [-0.2, -0.15) is 0 Å². The highest BCUT2D eigenvalue weighted by Crippen LogP contribution is 2.26. The van der Waals surface area contributed by atoms with Crippen molar-refractivity contribution in [2.75, 3.05) is 7.05 Å². The molecule has 0 unspecified atom stereocenters. The van der Waals surface area contributed by atoms with E-state index in [-0.39, 0.29) is 0 Å². The molecule has 0 amide bonds. The summed E-state index contributed by atoms with van der Waals surface area (Å²) in [6, 6.07) is 1.11. The summed E-state index contributed by atoms with van der Waals surface area (Å²) >= 11 is 0. The highest BCUT2D eigenvalue weighted by molar-refractivity contribution is 5.78. The fourth-order valence-corrected chi connectivity index (χ4v) is 3.31. The van der Waals surface area contributed by atoms with E-state index in [0.29, 0.717) is 12.1 Å². The Kier molecular flexibility index (Phi) is 4.90. The lowest BCUT2D eigenvalue weighted by atomic mass is 9.87. The predicted molar refractivity (Wildman–Crippen MR) is 77.7 cm³/mol. The number of hydrogen-bond acceptors (Lipinski definition) is 1. The third-order valence-corrected chi connectivity index (χ3v) is 4.78. The van der Waals surface area contributed by atoms with Gasteiger partial charge in [0.1, 0.15) is 0 Å². The van der Waals surface area contributed by atoms with Crippen molar-refractivity contribution in [3.63, 3.8) is 0 Å². The van der Waals surface area contributed by atoms with Crippen LogP contribution in [0.5, 0.6) is 0 Å². The third kappa shape index (κ3) is 3.63. The summed E-state index contributed by atoms with van der Waals surface area (Å²) in [6.45, 7) is 2.36. The Morgan fingerprint density at radius 3 is 2.22 bits per heavy atom. The molecule has 2 N–H and O–H groups in total. The van der Waals surface area contributed by atoms with Crippen LogP contribution in [0.4, 0.5) is 0 Å². The van der Waals surface area contributed by atoms with E-state index in [2.05, 4.69) is 18.9 Å². The van der Waals surface area contributed by atoms with E-state index < -0.39 is 0 Å². The van der Waals surface area contributed by atoms with Gasteiger partial charge in [-0.1, -0.05) is 26.2 Å². The van der Waals surface area contributed by atoms with Gasteiger partial charge in [-0.3, -0.25) is 0 Å². The van der Waals surface area contributed by atoms with Gasteiger partial charge in [-0.05, 0) is 44.4 Å². The van der Waals surface area contributed by atoms with Crippen molar-refractivity contribution in [1.82, 2.24) is 4.90 Å². The van der Waals surface area contributed by atoms with Crippen molar-refractivity contribution < 1.29 is 0 Å². The molecule has 2 saturated carbocycles. The van der Waals surface area contributed by atoms with Crippen LogP contribution in [0.1, 0.15) is 64.7 Å². The zero-order valence-corrected chi connectivity index (χ0v) is 12.1. The van der Waals surface area contributed by atoms with Crippen molar-refractivity contribution in [2.45, 2.75) is 76.8 Å². The molecule has 0 bridgehead atoms. The van der Waals surface area contributed by atoms with E-state index >= 15 is 0 Å². The van der Waals surface area contributed by atoms with Gasteiger partial charge in [0.25, 0.3) is 0 Å². The predicted octanol–water partition coefficient (Wildman–Crippen LogP) is 3.14. The Bertz CT molecular complexity index is 273. The number of guanidine groups is 1. The Labute approximate surface area is 112 Å². The Balaban J connectivity index is 1.86. The van der Waals surface area contributed by atoms with E-state index in [1.807, 2.05) is 0 Å². The summed E-state index contributed by atoms with van der Waals surface area (Å²) in [5, 5.41) is 0. The van der Waals surface area contributed by atoms with Crippen LogP contribution in [0.25, 0.3) is 0 Å². The van der Waals surface area contributed by atoms with E-state index in [0.717, 1.165) is 11.9 Å². The molecule has 0 radical (unpaired) electrons. The first-order valence-corrected chi connectivity index (χ1v) is 7.73. The molecule has 0 aromatic carbocycles. The van der Waals surface area contributed by atoms with Crippen LogP contribution >= 0.6 is 0 Å². The maximum atomic E-state index is 6.19. The lowest BCUT2D eigenvalue weighted by Gasteiger charge is -2.34. The third-order valence-electron chi connectivity index (χ3n) is 4.78. The zero-order chi connectivity index (χ0) is 13.0. The molecule has 0 atom stereocenters. The van der Waals surface area contributed by atoms with Crippen LogP contribution < -0.4 is 5.73 Å². The van der Waals surface area contributed by atoms with Gasteiger partial charge >= 0.3 is 0 Å². The van der Waals surface area contributed by atoms with Crippen molar-refractivity contribution in [3.05, 3.63) is 0 Å². The molecular weight excluding hydrogens is 222 g/mol. The molecular formula is C15H29N3. The average molecular weight is 251 g/mol. The molecule has 0 aliphatic heterocycles. The van der Waals surface area contributed by atoms with Gasteiger partial charge in [0.05, 0.1) is 6.04 Å². The lowest BCUT2D eigenvalue weighted by Crippen LogP contribution is -2.44. The van der Waals surface area contributed by atoms with Crippen molar-refractivity contribution >= 4 is 5.96 Å². The molecule has 0 spiro atoms. The fourth-order valence-electron chi connectivity index (χ4n) is 3.31. The lowest BCUT2D eigenvalue weighted by molar-refractivity contribution is 0.236. The minimum Gasteiger partial charge on any atom is -0.370 e. The van der Waals surface area contributed by atoms with E-state index in [9.17, 15) is 0 Å². The second kappa shape index (κ2) is 6.44. The zero-order valence-electron chi connectivity index (χ0n) is 12.1. The van der Waals surface area contributed by atoms with Gasteiger partial charge < -0.3 is 10.6 Å². The van der Waals surface area contributed by atoms with Gasteiger partial charge in [0, 0.05) is 13.1 Å². The van der Waals surface area contributed by atoms with Crippen LogP contribution in [-0.2, 0) is 0 Å². The second-order valence-corrected chi connectivity index (χ2v) is 6.30. The van der Waals surface area contributed by atoms with Crippen LogP contribution in [0.3, 0.4) is 0 Å². The second-order valence-electron chi connectivity index (χ2n) is 6.30. The largest absolute Gasteiger partial charge is 0.370 e. The maximum Gasteiger partial charge on any atom is 0.191 e. The number of hydrogen-bond donors (Lipinski definition) is 1. The monoisotopic (exact) mass is 251 g/mol. The van der Waals surface area contributed by atoms with Gasteiger partial charge in [-0.25, -0.2) is 4.99 Å². The summed E-state index contributed by atoms with van der Waals surface area (Å²) in [6.07, 6.45) is 11.7. The van der Waals surface area contributed by atoms with Crippen molar-refractivity contribution in [1.29, 1.82) is 0 Å². The highest BCUT2D eigenvalue weighted by Gasteiger charge is 2.23. The average Bonchev–Trinajstić information content (AvgIpc) is 2.40. The molecule has 2 rings (SSSR count). The van der Waals surface area contributed by atoms with Gasteiger partial charge in [0.15, 0.2) is 5.96 Å². The number of rotatable bonds is 2. The number of aliphatic imine (C=N–C) groups is 1. The SMILES string of the molecule is CC1CCC(N(C)C(N)=NC2CCCCC2)CC1. The quantitative estimate of drug-likeness (QED) is 0.605. The van der Waals surface area contributed by atoms with Crippen LogP contribution in [0.2, 0.25) is 0 Å². The Morgan fingerprint density at radius 2 is 1.61 bits per heavy atom. The first kappa shape index (κ1) is 13.7. The Hall–Kier alpha value is -0.730. The summed E-state index contributed by atoms with van der Waals surface area (Å²) in [7, 11) is 2.13. The minimum atomic E-state index is 0.490.